The molecule has 2 aromatic heterocycles. The molecule has 0 amide bonds. The van der Waals surface area contributed by atoms with E-state index in [0.717, 1.165) is 26.9 Å². The summed E-state index contributed by atoms with van der Waals surface area (Å²) >= 11 is 5.02. The molecule has 6 heteroatoms. The van der Waals surface area contributed by atoms with Crippen molar-refractivity contribution in [3.8, 4) is 5.82 Å². The molecule has 0 saturated heterocycles. The van der Waals surface area contributed by atoms with Crippen LogP contribution in [0.5, 0.6) is 0 Å². The number of hydrogen-bond acceptors (Lipinski definition) is 4. The molecule has 4 nitrogen and oxygen atoms in total. The third-order valence-corrected chi connectivity index (χ3v) is 3.88. The Bertz CT molecular complexity index is 704. The van der Waals surface area contributed by atoms with E-state index >= 15 is 0 Å². The lowest BCUT2D eigenvalue weighted by Crippen LogP contribution is -1.96. The zero-order chi connectivity index (χ0) is 13.2. The number of benzene rings is 1. The monoisotopic (exact) mass is 334 g/mol. The third kappa shape index (κ3) is 2.69. The van der Waals surface area contributed by atoms with Gasteiger partial charge in [0.2, 0.25) is 0 Å². The molecule has 0 aliphatic rings. The van der Waals surface area contributed by atoms with Crippen LogP contribution in [0.2, 0.25) is 0 Å². The topological polar surface area (TPSA) is 42.7 Å². The summed E-state index contributed by atoms with van der Waals surface area (Å²) in [6, 6.07) is 8.01. The average molecular weight is 335 g/mol. The second kappa shape index (κ2) is 5.14. The highest BCUT2D eigenvalue weighted by atomic mass is 79.9. The van der Waals surface area contributed by atoms with Gasteiger partial charge in [0.15, 0.2) is 10.9 Å². The standard InChI is InChI=1S/C13H11BrN4S/c1-9-15-5-6-18(9)12-8-19-13(17-12)16-11-4-2-3-10(14)7-11/h2-8H,1H3,(H,16,17). The summed E-state index contributed by atoms with van der Waals surface area (Å²) in [7, 11) is 0. The molecule has 96 valence electrons. The number of aromatic nitrogens is 3. The van der Waals surface area contributed by atoms with Gasteiger partial charge in [0.1, 0.15) is 5.82 Å². The molecule has 1 aromatic carbocycles. The van der Waals surface area contributed by atoms with Crippen LogP contribution in [0.15, 0.2) is 46.5 Å². The molecule has 1 N–H and O–H groups in total. The molecule has 0 bridgehead atoms. The minimum absolute atomic E-state index is 0.862. The van der Waals surface area contributed by atoms with E-state index in [0.29, 0.717) is 0 Å². The van der Waals surface area contributed by atoms with Crippen molar-refractivity contribution in [1.82, 2.24) is 14.5 Å². The molecule has 0 aliphatic heterocycles. The quantitative estimate of drug-likeness (QED) is 0.782. The summed E-state index contributed by atoms with van der Waals surface area (Å²) in [4.78, 5) is 8.75. The van der Waals surface area contributed by atoms with Crippen molar-refractivity contribution >= 4 is 38.1 Å². The molecule has 0 saturated carbocycles. The number of anilines is 2. The predicted molar refractivity (Wildman–Crippen MR) is 81.4 cm³/mol. The van der Waals surface area contributed by atoms with Crippen molar-refractivity contribution < 1.29 is 0 Å². The largest absolute Gasteiger partial charge is 0.331 e. The Balaban J connectivity index is 1.84. The molecule has 19 heavy (non-hydrogen) atoms. The van der Waals surface area contributed by atoms with Gasteiger partial charge < -0.3 is 5.32 Å². The summed E-state index contributed by atoms with van der Waals surface area (Å²) in [5.41, 5.74) is 1.01. The Labute approximate surface area is 123 Å². The number of aryl methyl sites for hydroxylation is 1. The third-order valence-electron chi connectivity index (χ3n) is 2.64. The van der Waals surface area contributed by atoms with E-state index in [9.17, 15) is 0 Å². The number of hydrogen-bond donors (Lipinski definition) is 1. The van der Waals surface area contributed by atoms with Gasteiger partial charge in [-0.1, -0.05) is 22.0 Å². The van der Waals surface area contributed by atoms with Crippen LogP contribution < -0.4 is 5.32 Å². The Morgan fingerprint density at radius 2 is 2.26 bits per heavy atom. The van der Waals surface area contributed by atoms with Crippen LogP contribution in [0.1, 0.15) is 5.82 Å². The first-order valence-electron chi connectivity index (χ1n) is 5.71. The zero-order valence-corrected chi connectivity index (χ0v) is 12.6. The van der Waals surface area contributed by atoms with Gasteiger partial charge in [0.25, 0.3) is 0 Å². The Kier molecular flexibility index (Phi) is 3.35. The number of halogens is 1. The van der Waals surface area contributed by atoms with Gasteiger partial charge in [0.05, 0.1) is 0 Å². The van der Waals surface area contributed by atoms with E-state index < -0.39 is 0 Å². The van der Waals surface area contributed by atoms with E-state index in [1.54, 1.807) is 17.5 Å². The lowest BCUT2D eigenvalue weighted by atomic mass is 10.3. The maximum Gasteiger partial charge on any atom is 0.189 e. The van der Waals surface area contributed by atoms with E-state index in [4.69, 9.17) is 0 Å². The molecular formula is C13H11BrN4S. The SMILES string of the molecule is Cc1nccn1-c1csc(Nc2cccc(Br)c2)n1. The average Bonchev–Trinajstić information content (AvgIpc) is 2.98. The number of nitrogens with one attached hydrogen (secondary N) is 1. The van der Waals surface area contributed by atoms with E-state index in [1.165, 1.54) is 0 Å². The molecule has 0 aliphatic carbocycles. The Morgan fingerprint density at radius 1 is 1.37 bits per heavy atom. The molecule has 0 radical (unpaired) electrons. The van der Waals surface area contributed by atoms with Crippen LogP contribution >= 0.6 is 27.3 Å². The molecule has 0 atom stereocenters. The molecule has 0 unspecified atom stereocenters. The normalized spacial score (nSPS) is 10.6. The first kappa shape index (κ1) is 12.4. The fraction of sp³-hybridized carbons (Fsp3) is 0.0769. The molecule has 3 rings (SSSR count). The molecule has 3 aromatic rings. The van der Waals surface area contributed by atoms with Crippen molar-refractivity contribution in [2.24, 2.45) is 0 Å². The van der Waals surface area contributed by atoms with Crippen LogP contribution in [0.25, 0.3) is 5.82 Å². The first-order valence-corrected chi connectivity index (χ1v) is 7.38. The van der Waals surface area contributed by atoms with Gasteiger partial charge in [-0.15, -0.1) is 11.3 Å². The predicted octanol–water partition coefficient (Wildman–Crippen LogP) is 4.14. The smallest absolute Gasteiger partial charge is 0.189 e. The van der Waals surface area contributed by atoms with Crippen molar-refractivity contribution in [1.29, 1.82) is 0 Å². The summed E-state index contributed by atoms with van der Waals surface area (Å²) in [6.07, 6.45) is 3.68. The highest BCUT2D eigenvalue weighted by Crippen LogP contribution is 2.24. The minimum Gasteiger partial charge on any atom is -0.331 e. The van der Waals surface area contributed by atoms with Crippen LogP contribution in [0.3, 0.4) is 0 Å². The summed E-state index contributed by atoms with van der Waals surface area (Å²) in [6.45, 7) is 1.96. The Morgan fingerprint density at radius 3 is 3.00 bits per heavy atom. The van der Waals surface area contributed by atoms with Crippen molar-refractivity contribution in [3.63, 3.8) is 0 Å². The molecule has 0 spiro atoms. The maximum absolute atomic E-state index is 4.55. The van der Waals surface area contributed by atoms with Gasteiger partial charge in [-0.3, -0.25) is 4.57 Å². The van der Waals surface area contributed by atoms with E-state index in [2.05, 4.69) is 31.2 Å². The maximum atomic E-state index is 4.55. The van der Waals surface area contributed by atoms with E-state index in [-0.39, 0.29) is 0 Å². The van der Waals surface area contributed by atoms with Gasteiger partial charge in [-0.05, 0) is 25.1 Å². The van der Waals surface area contributed by atoms with Crippen LogP contribution in [-0.2, 0) is 0 Å². The lowest BCUT2D eigenvalue weighted by molar-refractivity contribution is 0.945. The second-order valence-electron chi connectivity index (χ2n) is 3.99. The van der Waals surface area contributed by atoms with Crippen LogP contribution in [0, 0.1) is 6.92 Å². The highest BCUT2D eigenvalue weighted by Gasteiger charge is 2.06. The number of nitrogens with zero attached hydrogens (tertiary/aromatic N) is 3. The van der Waals surface area contributed by atoms with Gasteiger partial charge in [0, 0.05) is 27.9 Å². The summed E-state index contributed by atoms with van der Waals surface area (Å²) in [5.74, 6) is 1.82. The fourth-order valence-corrected chi connectivity index (χ4v) is 2.85. The van der Waals surface area contributed by atoms with E-state index in [1.807, 2.05) is 47.3 Å². The summed E-state index contributed by atoms with van der Waals surface area (Å²) < 4.78 is 3.00. The van der Waals surface area contributed by atoms with Crippen LogP contribution in [-0.4, -0.2) is 14.5 Å². The number of imidazole rings is 1. The lowest BCUT2D eigenvalue weighted by Gasteiger charge is -2.02. The molecular weight excluding hydrogens is 324 g/mol. The van der Waals surface area contributed by atoms with Crippen molar-refractivity contribution in [2.75, 3.05) is 5.32 Å². The number of rotatable bonds is 3. The zero-order valence-electron chi connectivity index (χ0n) is 10.2. The second-order valence-corrected chi connectivity index (χ2v) is 5.76. The van der Waals surface area contributed by atoms with Gasteiger partial charge in [-0.2, -0.15) is 0 Å². The van der Waals surface area contributed by atoms with Gasteiger partial charge in [-0.25, -0.2) is 9.97 Å². The summed E-state index contributed by atoms with van der Waals surface area (Å²) in [5, 5.41) is 6.16. The number of thiazole rings is 1. The van der Waals surface area contributed by atoms with Crippen molar-refractivity contribution in [2.45, 2.75) is 6.92 Å². The molecule has 0 fully saturated rings. The molecule has 2 heterocycles. The van der Waals surface area contributed by atoms with Gasteiger partial charge >= 0.3 is 0 Å². The van der Waals surface area contributed by atoms with Crippen LogP contribution in [0.4, 0.5) is 10.8 Å². The fourth-order valence-electron chi connectivity index (χ4n) is 1.74. The minimum atomic E-state index is 0.862. The Hall–Kier alpha value is -1.66. The van der Waals surface area contributed by atoms with Crippen molar-refractivity contribution in [3.05, 3.63) is 52.3 Å². The highest BCUT2D eigenvalue weighted by molar-refractivity contribution is 9.10. The first-order chi connectivity index (χ1) is 9.22.